The van der Waals surface area contributed by atoms with E-state index in [1.54, 1.807) is 0 Å². The van der Waals surface area contributed by atoms with Gasteiger partial charge in [-0.3, -0.25) is 0 Å². The van der Waals surface area contributed by atoms with Gasteiger partial charge >= 0.3 is 5.51 Å². The lowest BCUT2D eigenvalue weighted by atomic mass is 10.2. The van der Waals surface area contributed by atoms with Crippen molar-refractivity contribution in [2.75, 3.05) is 0 Å². The Morgan fingerprint density at radius 3 is 2.46 bits per heavy atom. The first kappa shape index (κ1) is 10.8. The SMILES string of the molecule is CC(C)c1cnc(SC(F)(F)F)s1. The fraction of sp³-hybridized carbons (Fsp3) is 0.571. The molecule has 0 aliphatic rings. The van der Waals surface area contributed by atoms with Gasteiger partial charge in [0, 0.05) is 22.8 Å². The molecule has 1 aromatic rings. The molecule has 0 unspecified atom stereocenters. The predicted molar refractivity (Wildman–Crippen MR) is 48.1 cm³/mol. The molecule has 0 spiro atoms. The van der Waals surface area contributed by atoms with Gasteiger partial charge in [0.15, 0.2) is 4.34 Å². The van der Waals surface area contributed by atoms with Crippen molar-refractivity contribution in [2.45, 2.75) is 29.6 Å². The number of halogens is 3. The Morgan fingerprint density at radius 1 is 1.46 bits per heavy atom. The molecule has 0 radical (unpaired) electrons. The van der Waals surface area contributed by atoms with E-state index in [-0.39, 0.29) is 22.0 Å². The van der Waals surface area contributed by atoms with Gasteiger partial charge in [0.2, 0.25) is 0 Å². The minimum absolute atomic E-state index is 0.0659. The number of aromatic nitrogens is 1. The summed E-state index contributed by atoms with van der Waals surface area (Å²) in [7, 11) is 0. The van der Waals surface area contributed by atoms with Crippen LogP contribution in [0.1, 0.15) is 24.6 Å². The zero-order valence-corrected chi connectivity index (χ0v) is 8.69. The van der Waals surface area contributed by atoms with E-state index < -0.39 is 5.51 Å². The van der Waals surface area contributed by atoms with Crippen LogP contribution in [0.25, 0.3) is 0 Å². The van der Waals surface area contributed by atoms with Crippen molar-refractivity contribution in [1.82, 2.24) is 4.98 Å². The Kier molecular flexibility index (Phi) is 3.23. The van der Waals surface area contributed by atoms with Crippen LogP contribution in [0.2, 0.25) is 0 Å². The molecule has 0 aliphatic heterocycles. The van der Waals surface area contributed by atoms with Crippen LogP contribution in [-0.4, -0.2) is 10.5 Å². The summed E-state index contributed by atoms with van der Waals surface area (Å²) in [6.45, 7) is 3.85. The van der Waals surface area contributed by atoms with Crippen molar-refractivity contribution in [2.24, 2.45) is 0 Å². The molecule has 0 bridgehead atoms. The third kappa shape index (κ3) is 3.56. The zero-order chi connectivity index (χ0) is 10.1. The van der Waals surface area contributed by atoms with Crippen molar-refractivity contribution in [3.8, 4) is 0 Å². The molecule has 6 heteroatoms. The van der Waals surface area contributed by atoms with Gasteiger partial charge in [-0.25, -0.2) is 4.98 Å². The second-order valence-corrected chi connectivity index (χ2v) is 5.11. The molecule has 0 N–H and O–H groups in total. The topological polar surface area (TPSA) is 12.9 Å². The predicted octanol–water partition coefficient (Wildman–Crippen LogP) is 3.88. The zero-order valence-electron chi connectivity index (χ0n) is 7.05. The molecule has 0 aliphatic carbocycles. The highest BCUT2D eigenvalue weighted by atomic mass is 32.2. The minimum atomic E-state index is -4.23. The van der Waals surface area contributed by atoms with E-state index in [1.807, 2.05) is 13.8 Å². The third-order valence-corrected chi connectivity index (χ3v) is 3.38. The third-order valence-electron chi connectivity index (χ3n) is 1.27. The fourth-order valence-corrected chi connectivity index (χ4v) is 2.37. The smallest absolute Gasteiger partial charge is 0.238 e. The van der Waals surface area contributed by atoms with Crippen molar-refractivity contribution in [3.63, 3.8) is 0 Å². The van der Waals surface area contributed by atoms with Crippen LogP contribution in [0.3, 0.4) is 0 Å². The van der Waals surface area contributed by atoms with E-state index in [9.17, 15) is 13.2 Å². The lowest BCUT2D eigenvalue weighted by Gasteiger charge is -2.00. The Balaban J connectivity index is 2.70. The highest BCUT2D eigenvalue weighted by Crippen LogP contribution is 2.39. The van der Waals surface area contributed by atoms with Crippen LogP contribution in [0.5, 0.6) is 0 Å². The molecule has 0 aromatic carbocycles. The fourth-order valence-electron chi connectivity index (χ4n) is 0.683. The van der Waals surface area contributed by atoms with E-state index in [4.69, 9.17) is 0 Å². The maximum absolute atomic E-state index is 11.9. The summed E-state index contributed by atoms with van der Waals surface area (Å²) in [4.78, 5) is 4.57. The Bertz CT molecular complexity index is 280. The Morgan fingerprint density at radius 2 is 2.08 bits per heavy atom. The lowest BCUT2D eigenvalue weighted by molar-refractivity contribution is -0.0328. The molecule has 1 rings (SSSR count). The van der Waals surface area contributed by atoms with Crippen LogP contribution >= 0.6 is 23.1 Å². The van der Waals surface area contributed by atoms with Crippen molar-refractivity contribution >= 4 is 23.1 Å². The molecule has 74 valence electrons. The molecule has 0 saturated carbocycles. The van der Waals surface area contributed by atoms with Crippen LogP contribution in [0.4, 0.5) is 13.2 Å². The maximum Gasteiger partial charge on any atom is 0.448 e. The van der Waals surface area contributed by atoms with E-state index in [0.29, 0.717) is 0 Å². The highest BCUT2D eigenvalue weighted by Gasteiger charge is 2.31. The van der Waals surface area contributed by atoms with Crippen molar-refractivity contribution < 1.29 is 13.2 Å². The van der Waals surface area contributed by atoms with Gasteiger partial charge < -0.3 is 0 Å². The van der Waals surface area contributed by atoms with Crippen LogP contribution in [0.15, 0.2) is 10.5 Å². The molecule has 1 aromatic heterocycles. The van der Waals surface area contributed by atoms with Crippen LogP contribution in [-0.2, 0) is 0 Å². The standard InChI is InChI=1S/C7H8F3NS2/c1-4(2)5-3-11-6(12-5)13-7(8,9)10/h3-4H,1-2H3. The number of hydrogen-bond donors (Lipinski definition) is 0. The summed E-state index contributed by atoms with van der Waals surface area (Å²) < 4.78 is 35.7. The first-order valence-electron chi connectivity index (χ1n) is 3.60. The van der Waals surface area contributed by atoms with Gasteiger partial charge in [-0.15, -0.1) is 11.3 Å². The minimum Gasteiger partial charge on any atom is -0.238 e. The van der Waals surface area contributed by atoms with E-state index in [2.05, 4.69) is 4.98 Å². The number of alkyl halides is 3. The van der Waals surface area contributed by atoms with Gasteiger partial charge in [0.25, 0.3) is 0 Å². The molecular weight excluding hydrogens is 219 g/mol. The summed E-state index contributed by atoms with van der Waals surface area (Å²) in [5, 5.41) is 0. The molecule has 1 heterocycles. The largest absolute Gasteiger partial charge is 0.448 e. The molecular formula is C7H8F3NS2. The van der Waals surface area contributed by atoms with Gasteiger partial charge in [-0.1, -0.05) is 13.8 Å². The summed E-state index contributed by atoms with van der Waals surface area (Å²) in [5.41, 5.74) is -4.23. The molecule has 0 saturated heterocycles. The van der Waals surface area contributed by atoms with Gasteiger partial charge in [-0.05, 0) is 5.92 Å². The lowest BCUT2D eigenvalue weighted by Crippen LogP contribution is -1.98. The summed E-state index contributed by atoms with van der Waals surface area (Å²) in [6, 6.07) is 0. The maximum atomic E-state index is 11.9. The first-order valence-corrected chi connectivity index (χ1v) is 5.23. The van der Waals surface area contributed by atoms with E-state index in [1.165, 1.54) is 6.20 Å². The van der Waals surface area contributed by atoms with Gasteiger partial charge in [0.05, 0.1) is 0 Å². The second kappa shape index (κ2) is 3.88. The number of thiazole rings is 1. The number of nitrogens with zero attached hydrogens (tertiary/aromatic N) is 1. The molecule has 1 nitrogen and oxygen atoms in total. The highest BCUT2D eigenvalue weighted by molar-refractivity contribution is 8.01. The molecule has 0 atom stereocenters. The molecule has 0 fully saturated rings. The second-order valence-electron chi connectivity index (χ2n) is 2.73. The number of rotatable bonds is 2. The van der Waals surface area contributed by atoms with E-state index in [0.717, 1.165) is 16.2 Å². The Labute approximate surface area is 82.4 Å². The number of thioether (sulfide) groups is 1. The van der Waals surface area contributed by atoms with Crippen LogP contribution < -0.4 is 0 Å². The summed E-state index contributed by atoms with van der Waals surface area (Å²) in [6.07, 6.45) is 1.50. The van der Waals surface area contributed by atoms with Crippen LogP contribution in [0, 0.1) is 0 Å². The van der Waals surface area contributed by atoms with Gasteiger partial charge in [0.1, 0.15) is 0 Å². The summed E-state index contributed by atoms with van der Waals surface area (Å²) >= 11 is 0.946. The monoisotopic (exact) mass is 227 g/mol. The van der Waals surface area contributed by atoms with E-state index >= 15 is 0 Å². The number of hydrogen-bond acceptors (Lipinski definition) is 3. The van der Waals surface area contributed by atoms with Crippen molar-refractivity contribution in [3.05, 3.63) is 11.1 Å². The normalized spacial score (nSPS) is 12.5. The van der Waals surface area contributed by atoms with Gasteiger partial charge in [-0.2, -0.15) is 13.2 Å². The average molecular weight is 227 g/mol. The molecule has 13 heavy (non-hydrogen) atoms. The average Bonchev–Trinajstić information content (AvgIpc) is 2.31. The summed E-state index contributed by atoms with van der Waals surface area (Å²) in [5.74, 6) is 0.236. The Hall–Kier alpha value is -0.230. The van der Waals surface area contributed by atoms with Crippen molar-refractivity contribution in [1.29, 1.82) is 0 Å². The first-order chi connectivity index (χ1) is 5.88. The quantitative estimate of drug-likeness (QED) is 0.711. The molecule has 0 amide bonds.